The molecule has 1 rings (SSSR count). The molecule has 0 atom stereocenters. The summed E-state index contributed by atoms with van der Waals surface area (Å²) < 4.78 is 5.96. The SMILES string of the molecule is CN(C)CN(CCNC(=O)OC(C)(C)C)c1ncc(Br)cc1C#N. The fourth-order valence-corrected chi connectivity index (χ4v) is 2.29. The van der Waals surface area contributed by atoms with E-state index in [2.05, 4.69) is 32.3 Å². The lowest BCUT2D eigenvalue weighted by molar-refractivity contribution is 0.0529. The van der Waals surface area contributed by atoms with Crippen molar-refractivity contribution in [2.24, 2.45) is 0 Å². The molecule has 0 unspecified atom stereocenters. The number of alkyl carbamates (subject to hydrolysis) is 1. The molecule has 0 aliphatic rings. The van der Waals surface area contributed by atoms with Crippen LogP contribution in [0.1, 0.15) is 26.3 Å². The van der Waals surface area contributed by atoms with Crippen LogP contribution in [-0.2, 0) is 4.74 Å². The van der Waals surface area contributed by atoms with Gasteiger partial charge in [0.2, 0.25) is 0 Å². The topological polar surface area (TPSA) is 81.5 Å². The van der Waals surface area contributed by atoms with Crippen molar-refractivity contribution in [3.63, 3.8) is 0 Å². The largest absolute Gasteiger partial charge is 0.444 e. The number of pyridine rings is 1. The molecule has 0 radical (unpaired) electrons. The van der Waals surface area contributed by atoms with E-state index in [0.717, 1.165) is 4.47 Å². The number of anilines is 1. The fourth-order valence-electron chi connectivity index (χ4n) is 1.96. The summed E-state index contributed by atoms with van der Waals surface area (Å²) in [7, 11) is 3.86. The molecule has 1 heterocycles. The minimum Gasteiger partial charge on any atom is -0.444 e. The summed E-state index contributed by atoms with van der Waals surface area (Å²) in [6, 6.07) is 3.88. The average Bonchev–Trinajstić information content (AvgIpc) is 2.43. The molecular formula is C16H24BrN5O2. The summed E-state index contributed by atoms with van der Waals surface area (Å²) in [6.45, 7) is 6.90. The monoisotopic (exact) mass is 397 g/mol. The van der Waals surface area contributed by atoms with E-state index < -0.39 is 11.7 Å². The molecule has 1 aromatic rings. The molecule has 0 bridgehead atoms. The number of carbonyl (C=O) groups excluding carboxylic acids is 1. The van der Waals surface area contributed by atoms with Gasteiger partial charge in [0.15, 0.2) is 0 Å². The number of hydrogen-bond donors (Lipinski definition) is 1. The van der Waals surface area contributed by atoms with E-state index in [-0.39, 0.29) is 0 Å². The van der Waals surface area contributed by atoms with Crippen molar-refractivity contribution in [2.75, 3.05) is 38.8 Å². The summed E-state index contributed by atoms with van der Waals surface area (Å²) in [5.74, 6) is 0.584. The standard InChI is InChI=1S/C16H24BrN5O2/c1-16(2,3)24-15(23)19-6-7-22(11-21(4)5)14-12(9-18)8-13(17)10-20-14/h8,10H,6-7,11H2,1-5H3,(H,19,23). The number of ether oxygens (including phenoxy) is 1. The molecule has 0 saturated heterocycles. The van der Waals surface area contributed by atoms with Gasteiger partial charge in [-0.2, -0.15) is 5.26 Å². The van der Waals surface area contributed by atoms with Crippen LogP contribution in [0.4, 0.5) is 10.6 Å². The average molecular weight is 398 g/mol. The number of hydrogen-bond acceptors (Lipinski definition) is 6. The lowest BCUT2D eigenvalue weighted by Crippen LogP contribution is -2.41. The zero-order valence-electron chi connectivity index (χ0n) is 14.8. The molecule has 0 fully saturated rings. The molecule has 0 saturated carbocycles. The maximum absolute atomic E-state index is 11.7. The van der Waals surface area contributed by atoms with Crippen LogP contribution >= 0.6 is 15.9 Å². The maximum Gasteiger partial charge on any atom is 0.407 e. The highest BCUT2D eigenvalue weighted by Crippen LogP contribution is 2.20. The van der Waals surface area contributed by atoms with Crippen LogP contribution in [0.2, 0.25) is 0 Å². The van der Waals surface area contributed by atoms with Crippen molar-refractivity contribution >= 4 is 27.8 Å². The molecule has 132 valence electrons. The van der Waals surface area contributed by atoms with E-state index >= 15 is 0 Å². The highest BCUT2D eigenvalue weighted by molar-refractivity contribution is 9.10. The number of aromatic nitrogens is 1. The van der Waals surface area contributed by atoms with Crippen LogP contribution < -0.4 is 10.2 Å². The van der Waals surface area contributed by atoms with Gasteiger partial charge in [0, 0.05) is 23.8 Å². The Hall–Kier alpha value is -1.85. The highest BCUT2D eigenvalue weighted by Gasteiger charge is 2.17. The van der Waals surface area contributed by atoms with Crippen LogP contribution in [0.3, 0.4) is 0 Å². The Bertz CT molecular complexity index is 607. The highest BCUT2D eigenvalue weighted by atomic mass is 79.9. The molecule has 7 nitrogen and oxygen atoms in total. The lowest BCUT2D eigenvalue weighted by atomic mass is 10.2. The zero-order valence-corrected chi connectivity index (χ0v) is 16.3. The van der Waals surface area contributed by atoms with Gasteiger partial charge in [-0.15, -0.1) is 0 Å². The third kappa shape index (κ3) is 7.15. The molecule has 1 aromatic heterocycles. The van der Waals surface area contributed by atoms with E-state index in [4.69, 9.17) is 4.74 Å². The van der Waals surface area contributed by atoms with Gasteiger partial charge in [-0.05, 0) is 56.9 Å². The summed E-state index contributed by atoms with van der Waals surface area (Å²) in [4.78, 5) is 20.0. The van der Waals surface area contributed by atoms with E-state index in [1.807, 2.05) is 44.7 Å². The molecule has 0 spiro atoms. The van der Waals surface area contributed by atoms with E-state index in [1.54, 1.807) is 12.3 Å². The van der Waals surface area contributed by atoms with E-state index in [9.17, 15) is 10.1 Å². The smallest absolute Gasteiger partial charge is 0.407 e. The van der Waals surface area contributed by atoms with Crippen LogP contribution in [0, 0.1) is 11.3 Å². The van der Waals surface area contributed by atoms with Crippen molar-refractivity contribution in [2.45, 2.75) is 26.4 Å². The van der Waals surface area contributed by atoms with Crippen LogP contribution in [-0.4, -0.2) is 55.4 Å². The number of nitrogens with zero attached hydrogens (tertiary/aromatic N) is 4. The first-order chi connectivity index (χ1) is 11.1. The summed E-state index contributed by atoms with van der Waals surface area (Å²) in [6.07, 6.45) is 1.19. The second-order valence-corrected chi connectivity index (χ2v) is 7.47. The zero-order chi connectivity index (χ0) is 18.3. The van der Waals surface area contributed by atoms with Crippen molar-refractivity contribution in [3.05, 3.63) is 22.3 Å². The maximum atomic E-state index is 11.7. The quantitative estimate of drug-likeness (QED) is 0.742. The Kier molecular flexibility index (Phi) is 7.45. The van der Waals surface area contributed by atoms with Gasteiger partial charge < -0.3 is 15.0 Å². The van der Waals surface area contributed by atoms with Gasteiger partial charge in [0.05, 0.1) is 12.2 Å². The number of carbonyl (C=O) groups is 1. The Morgan fingerprint density at radius 3 is 2.67 bits per heavy atom. The van der Waals surface area contributed by atoms with Gasteiger partial charge in [0.1, 0.15) is 17.5 Å². The van der Waals surface area contributed by atoms with Crippen molar-refractivity contribution in [1.29, 1.82) is 5.26 Å². The van der Waals surface area contributed by atoms with E-state index in [1.165, 1.54) is 0 Å². The van der Waals surface area contributed by atoms with Crippen molar-refractivity contribution in [1.82, 2.24) is 15.2 Å². The molecule has 8 heteroatoms. The van der Waals surface area contributed by atoms with Gasteiger partial charge >= 0.3 is 6.09 Å². The normalized spacial score (nSPS) is 11.1. The van der Waals surface area contributed by atoms with Crippen LogP contribution in [0.5, 0.6) is 0 Å². The third-order valence-corrected chi connectivity index (χ3v) is 3.19. The third-order valence-electron chi connectivity index (χ3n) is 2.76. The molecule has 0 aliphatic carbocycles. The first-order valence-electron chi connectivity index (χ1n) is 7.54. The number of halogens is 1. The lowest BCUT2D eigenvalue weighted by Gasteiger charge is -2.28. The minimum absolute atomic E-state index is 0.380. The van der Waals surface area contributed by atoms with Crippen LogP contribution in [0.15, 0.2) is 16.7 Å². The molecular weight excluding hydrogens is 374 g/mol. The van der Waals surface area contributed by atoms with Crippen LogP contribution in [0.25, 0.3) is 0 Å². The minimum atomic E-state index is -0.533. The van der Waals surface area contributed by atoms with Crippen molar-refractivity contribution in [3.8, 4) is 6.07 Å². The summed E-state index contributed by atoms with van der Waals surface area (Å²) in [5.41, 5.74) is -0.0576. The number of nitriles is 1. The number of rotatable bonds is 6. The Morgan fingerprint density at radius 1 is 1.46 bits per heavy atom. The second kappa shape index (κ2) is 8.85. The number of nitrogens with one attached hydrogen (secondary N) is 1. The fraction of sp³-hybridized carbons (Fsp3) is 0.562. The van der Waals surface area contributed by atoms with Gasteiger partial charge in [-0.1, -0.05) is 0 Å². The molecule has 0 aliphatic heterocycles. The van der Waals surface area contributed by atoms with Gasteiger partial charge in [-0.3, -0.25) is 4.90 Å². The molecule has 0 aromatic carbocycles. The van der Waals surface area contributed by atoms with Crippen molar-refractivity contribution < 1.29 is 9.53 Å². The second-order valence-electron chi connectivity index (χ2n) is 6.55. The Balaban J connectivity index is 2.77. The van der Waals surface area contributed by atoms with Gasteiger partial charge in [0.25, 0.3) is 0 Å². The Labute approximate surface area is 151 Å². The van der Waals surface area contributed by atoms with Gasteiger partial charge in [-0.25, -0.2) is 9.78 Å². The molecule has 24 heavy (non-hydrogen) atoms. The predicted octanol–water partition coefficient (Wildman–Crippen LogP) is 2.57. The molecule has 1 N–H and O–H groups in total. The first kappa shape index (κ1) is 20.2. The van der Waals surface area contributed by atoms with E-state index in [0.29, 0.717) is 31.1 Å². The first-order valence-corrected chi connectivity index (χ1v) is 8.34. The Morgan fingerprint density at radius 2 is 2.12 bits per heavy atom. The predicted molar refractivity (Wildman–Crippen MR) is 96.8 cm³/mol. The summed E-state index contributed by atoms with van der Waals surface area (Å²) >= 11 is 3.32. The summed E-state index contributed by atoms with van der Waals surface area (Å²) in [5, 5.41) is 12.0. The molecule has 1 amide bonds. The number of amides is 1.